The molecule has 0 saturated carbocycles. The van der Waals surface area contributed by atoms with Crippen LogP contribution < -0.4 is 10.6 Å². The number of aromatic nitrogens is 2. The third kappa shape index (κ3) is 2.50. The zero-order valence-corrected chi connectivity index (χ0v) is 14.8. The van der Waals surface area contributed by atoms with Crippen molar-refractivity contribution in [1.29, 1.82) is 0 Å². The van der Waals surface area contributed by atoms with E-state index in [0.29, 0.717) is 5.56 Å². The molecule has 0 radical (unpaired) electrons. The molecule has 2 aromatic heterocycles. The summed E-state index contributed by atoms with van der Waals surface area (Å²) < 4.78 is 1.85. The first-order valence-corrected chi connectivity index (χ1v) is 8.73. The minimum atomic E-state index is -0.709. The van der Waals surface area contributed by atoms with Gasteiger partial charge in [-0.1, -0.05) is 18.2 Å². The molecule has 1 aromatic carbocycles. The number of carbonyl (C=O) groups is 4. The van der Waals surface area contributed by atoms with Gasteiger partial charge < -0.3 is 4.57 Å². The van der Waals surface area contributed by atoms with Crippen LogP contribution in [0.5, 0.6) is 0 Å². The van der Waals surface area contributed by atoms with E-state index in [1.165, 1.54) is 0 Å². The molecule has 8 nitrogen and oxygen atoms in total. The third-order valence-corrected chi connectivity index (χ3v) is 4.86. The predicted octanol–water partition coefficient (Wildman–Crippen LogP) is 1.02. The Hall–Kier alpha value is -4.33. The second kappa shape index (κ2) is 6.10. The molecule has 0 aliphatic carbocycles. The van der Waals surface area contributed by atoms with Gasteiger partial charge in [0, 0.05) is 29.4 Å². The summed E-state index contributed by atoms with van der Waals surface area (Å²) >= 11 is 0. The largest absolute Gasteiger partial charge is 0.314 e. The van der Waals surface area contributed by atoms with Gasteiger partial charge in [-0.2, -0.15) is 0 Å². The fourth-order valence-corrected chi connectivity index (χ4v) is 3.66. The van der Waals surface area contributed by atoms with Gasteiger partial charge in [0.2, 0.25) is 0 Å². The molecule has 8 heteroatoms. The maximum Gasteiger partial charge on any atom is 0.259 e. The van der Waals surface area contributed by atoms with Crippen LogP contribution in [0.1, 0.15) is 5.56 Å². The van der Waals surface area contributed by atoms with Crippen LogP contribution in [0.4, 0.5) is 0 Å². The van der Waals surface area contributed by atoms with Crippen LogP contribution in [-0.2, 0) is 19.2 Å². The van der Waals surface area contributed by atoms with Gasteiger partial charge >= 0.3 is 0 Å². The Kier molecular flexibility index (Phi) is 3.53. The molecule has 0 spiro atoms. The zero-order valence-electron chi connectivity index (χ0n) is 14.8. The molecule has 4 amide bonds. The van der Waals surface area contributed by atoms with Crippen LogP contribution in [0.25, 0.3) is 22.2 Å². The minimum absolute atomic E-state index is 0.0601. The van der Waals surface area contributed by atoms with Crippen molar-refractivity contribution < 1.29 is 19.2 Å². The Morgan fingerprint density at radius 2 is 1.62 bits per heavy atom. The van der Waals surface area contributed by atoms with Gasteiger partial charge in [0.1, 0.15) is 0 Å². The molecule has 2 aliphatic rings. The maximum absolute atomic E-state index is 12.7. The lowest BCUT2D eigenvalue weighted by atomic mass is 9.96. The second-order valence-electron chi connectivity index (χ2n) is 6.55. The van der Waals surface area contributed by atoms with Crippen LogP contribution in [0, 0.1) is 0 Å². The number of nitrogens with zero attached hydrogens (tertiary/aromatic N) is 2. The zero-order chi connectivity index (χ0) is 20.1. The average molecular weight is 384 g/mol. The number of pyridine rings is 1. The van der Waals surface area contributed by atoms with Gasteiger partial charge in [0.25, 0.3) is 23.6 Å². The van der Waals surface area contributed by atoms with E-state index in [1.807, 2.05) is 34.9 Å². The molecule has 4 heterocycles. The molecule has 2 aliphatic heterocycles. The number of rotatable bonds is 3. The fourth-order valence-electron chi connectivity index (χ4n) is 3.66. The Morgan fingerprint density at radius 1 is 0.828 bits per heavy atom. The van der Waals surface area contributed by atoms with E-state index in [2.05, 4.69) is 15.6 Å². The van der Waals surface area contributed by atoms with Crippen LogP contribution in [0.3, 0.4) is 0 Å². The number of amides is 4. The number of carbonyl (C=O) groups excluding carboxylic acids is 4. The third-order valence-electron chi connectivity index (χ3n) is 4.86. The first-order chi connectivity index (χ1) is 14.0. The summed E-state index contributed by atoms with van der Waals surface area (Å²) in [6.07, 6.45) is 6.10. The van der Waals surface area contributed by atoms with Gasteiger partial charge in [-0.3, -0.25) is 34.8 Å². The summed E-state index contributed by atoms with van der Waals surface area (Å²) in [5.74, 6) is -2.66. The van der Waals surface area contributed by atoms with Gasteiger partial charge in [-0.15, -0.1) is 0 Å². The highest BCUT2D eigenvalue weighted by molar-refractivity contribution is 6.42. The van der Waals surface area contributed by atoms with Gasteiger partial charge in [0.05, 0.1) is 34.1 Å². The molecule has 0 saturated heterocycles. The molecule has 140 valence electrons. The highest BCUT2D eigenvalue weighted by atomic mass is 16.2. The quantitative estimate of drug-likeness (QED) is 0.655. The number of hydrogen-bond donors (Lipinski definition) is 2. The van der Waals surface area contributed by atoms with Gasteiger partial charge in [0.15, 0.2) is 0 Å². The predicted molar refractivity (Wildman–Crippen MR) is 102 cm³/mol. The van der Waals surface area contributed by atoms with Crippen molar-refractivity contribution in [3.63, 3.8) is 0 Å². The number of hydrogen-bond acceptors (Lipinski definition) is 5. The topological polar surface area (TPSA) is 110 Å². The minimum Gasteiger partial charge on any atom is -0.314 e. The number of para-hydroxylation sites is 1. The number of fused-ring (bicyclic) bond motifs is 1. The Balaban J connectivity index is 1.82. The molecule has 2 N–H and O–H groups in total. The Labute approximate surface area is 163 Å². The van der Waals surface area contributed by atoms with E-state index in [9.17, 15) is 19.2 Å². The summed E-state index contributed by atoms with van der Waals surface area (Å²) in [7, 11) is 0. The average Bonchev–Trinajstić information content (AvgIpc) is 3.34. The summed E-state index contributed by atoms with van der Waals surface area (Å²) in [4.78, 5) is 53.0. The maximum atomic E-state index is 12.7. The summed E-state index contributed by atoms with van der Waals surface area (Å²) in [5.41, 5.74) is 1.89. The van der Waals surface area contributed by atoms with E-state index in [4.69, 9.17) is 0 Å². The van der Waals surface area contributed by atoms with E-state index in [1.54, 1.807) is 24.7 Å². The number of nitrogens with one attached hydrogen (secondary N) is 2. The van der Waals surface area contributed by atoms with Crippen LogP contribution in [-0.4, -0.2) is 33.2 Å². The lowest BCUT2D eigenvalue weighted by Crippen LogP contribution is -2.26. The van der Waals surface area contributed by atoms with Gasteiger partial charge in [-0.05, 0) is 18.2 Å². The van der Waals surface area contributed by atoms with Crippen molar-refractivity contribution in [2.45, 2.75) is 0 Å². The monoisotopic (exact) mass is 384 g/mol. The molecule has 0 bridgehead atoms. The van der Waals surface area contributed by atoms with Gasteiger partial charge in [-0.25, -0.2) is 0 Å². The van der Waals surface area contributed by atoms with Crippen molar-refractivity contribution in [3.8, 4) is 5.69 Å². The van der Waals surface area contributed by atoms with Crippen molar-refractivity contribution >= 4 is 40.1 Å². The lowest BCUT2D eigenvalue weighted by Gasteiger charge is -2.03. The molecular formula is C21H12N4O4. The van der Waals surface area contributed by atoms with Crippen molar-refractivity contribution in [2.75, 3.05) is 0 Å². The van der Waals surface area contributed by atoms with Crippen molar-refractivity contribution in [3.05, 3.63) is 77.8 Å². The van der Waals surface area contributed by atoms with E-state index in [-0.39, 0.29) is 16.7 Å². The van der Waals surface area contributed by atoms with E-state index in [0.717, 1.165) is 22.7 Å². The van der Waals surface area contributed by atoms with E-state index >= 15 is 0 Å². The van der Waals surface area contributed by atoms with Crippen molar-refractivity contribution in [1.82, 2.24) is 20.2 Å². The first-order valence-electron chi connectivity index (χ1n) is 8.73. The molecule has 5 rings (SSSR count). The first kappa shape index (κ1) is 16.8. The Bertz CT molecular complexity index is 1310. The van der Waals surface area contributed by atoms with Crippen LogP contribution in [0.15, 0.2) is 72.2 Å². The standard InChI is InChI=1S/C21H12N4O4/c26-16-8-13(19(27)23-16)17-18(21(29)24-20(17)28)14-10-25(11-4-3-7-22-9-11)15-6-2-1-5-12(14)15/h1-10H,(H,23,26,27)(H,24,28,29). The SMILES string of the molecule is O=C1C=C(C2=C(c3cn(-c4cccnc4)c4ccccc34)C(=O)NC2=O)C(=O)N1. The molecule has 0 fully saturated rings. The summed E-state index contributed by atoms with van der Waals surface area (Å²) in [5, 5.41) is 5.07. The normalized spacial score (nSPS) is 16.5. The van der Waals surface area contributed by atoms with Crippen molar-refractivity contribution in [2.24, 2.45) is 0 Å². The summed E-state index contributed by atoms with van der Waals surface area (Å²) in [6.45, 7) is 0. The number of benzene rings is 1. The Morgan fingerprint density at radius 3 is 2.34 bits per heavy atom. The lowest BCUT2D eigenvalue weighted by molar-refractivity contribution is -0.126. The smallest absolute Gasteiger partial charge is 0.259 e. The van der Waals surface area contributed by atoms with Crippen LogP contribution in [0.2, 0.25) is 0 Å². The van der Waals surface area contributed by atoms with Crippen LogP contribution >= 0.6 is 0 Å². The number of imide groups is 2. The highest BCUT2D eigenvalue weighted by Crippen LogP contribution is 2.36. The second-order valence-corrected chi connectivity index (χ2v) is 6.55. The van der Waals surface area contributed by atoms with E-state index < -0.39 is 23.6 Å². The molecule has 29 heavy (non-hydrogen) atoms. The molecule has 3 aromatic rings. The highest BCUT2D eigenvalue weighted by Gasteiger charge is 2.39. The molecule has 0 atom stereocenters. The summed E-state index contributed by atoms with van der Waals surface area (Å²) in [6, 6.07) is 11.0. The fraction of sp³-hybridized carbons (Fsp3) is 0. The molecule has 0 unspecified atom stereocenters. The molecular weight excluding hydrogens is 372 g/mol.